The molecule has 1 atom stereocenters. The molecule has 0 saturated carbocycles. The number of hydrogen-bond donors (Lipinski definition) is 0. The lowest BCUT2D eigenvalue weighted by molar-refractivity contribution is 0.0698. The van der Waals surface area contributed by atoms with Crippen molar-refractivity contribution in [2.45, 2.75) is 32.6 Å². The third-order valence-electron chi connectivity index (χ3n) is 5.27. The standard InChI is InChI=1S/C22H23N3O2/c1-15-10-11-18(13-16(15)2)22(26)25-12-6-9-19(14-25)21-24-23-20(27-21)17-7-4-3-5-8-17/h3-5,7-8,10-11,13,19H,6,9,12,14H2,1-2H3. The summed E-state index contributed by atoms with van der Waals surface area (Å²) in [6.45, 7) is 5.47. The minimum Gasteiger partial charge on any atom is -0.420 e. The first-order valence-electron chi connectivity index (χ1n) is 9.37. The van der Waals surface area contributed by atoms with E-state index in [0.29, 0.717) is 18.3 Å². The fraction of sp³-hybridized carbons (Fsp3) is 0.318. The zero-order valence-corrected chi connectivity index (χ0v) is 15.7. The van der Waals surface area contributed by atoms with Crippen molar-refractivity contribution in [1.82, 2.24) is 15.1 Å². The van der Waals surface area contributed by atoms with E-state index in [-0.39, 0.29) is 11.8 Å². The number of likely N-dealkylation sites (tertiary alicyclic amines) is 1. The molecule has 138 valence electrons. The molecular weight excluding hydrogens is 338 g/mol. The fourth-order valence-corrected chi connectivity index (χ4v) is 3.52. The molecule has 1 saturated heterocycles. The highest BCUT2D eigenvalue weighted by atomic mass is 16.4. The number of carbonyl (C=O) groups excluding carboxylic acids is 1. The van der Waals surface area contributed by atoms with Crippen molar-refractivity contribution in [3.8, 4) is 11.5 Å². The van der Waals surface area contributed by atoms with Gasteiger partial charge in [0, 0.05) is 24.2 Å². The topological polar surface area (TPSA) is 59.2 Å². The third-order valence-corrected chi connectivity index (χ3v) is 5.27. The Hall–Kier alpha value is -2.95. The van der Waals surface area contributed by atoms with Gasteiger partial charge in [-0.15, -0.1) is 10.2 Å². The maximum atomic E-state index is 12.9. The molecule has 27 heavy (non-hydrogen) atoms. The Labute approximate surface area is 159 Å². The molecule has 0 aliphatic carbocycles. The Kier molecular flexibility index (Phi) is 4.75. The smallest absolute Gasteiger partial charge is 0.253 e. The highest BCUT2D eigenvalue weighted by Crippen LogP contribution is 2.29. The lowest BCUT2D eigenvalue weighted by atomic mass is 9.97. The summed E-state index contributed by atoms with van der Waals surface area (Å²) in [6, 6.07) is 15.7. The highest BCUT2D eigenvalue weighted by Gasteiger charge is 2.29. The zero-order valence-electron chi connectivity index (χ0n) is 15.7. The van der Waals surface area contributed by atoms with Crippen LogP contribution >= 0.6 is 0 Å². The van der Waals surface area contributed by atoms with Gasteiger partial charge >= 0.3 is 0 Å². The Morgan fingerprint density at radius 2 is 1.89 bits per heavy atom. The van der Waals surface area contributed by atoms with E-state index in [1.54, 1.807) is 0 Å². The lowest BCUT2D eigenvalue weighted by Crippen LogP contribution is -2.39. The average Bonchev–Trinajstić information content (AvgIpc) is 3.21. The van der Waals surface area contributed by atoms with Crippen molar-refractivity contribution >= 4 is 5.91 Å². The second kappa shape index (κ2) is 7.35. The van der Waals surface area contributed by atoms with E-state index in [1.807, 2.05) is 60.4 Å². The van der Waals surface area contributed by atoms with Gasteiger partial charge in [0.15, 0.2) is 0 Å². The molecule has 5 heteroatoms. The van der Waals surface area contributed by atoms with E-state index in [0.717, 1.165) is 36.1 Å². The van der Waals surface area contributed by atoms with Gasteiger partial charge in [-0.05, 0) is 62.1 Å². The zero-order chi connectivity index (χ0) is 18.8. The summed E-state index contributed by atoms with van der Waals surface area (Å²) in [6.07, 6.45) is 1.89. The van der Waals surface area contributed by atoms with Crippen molar-refractivity contribution in [1.29, 1.82) is 0 Å². The predicted molar refractivity (Wildman–Crippen MR) is 104 cm³/mol. The highest BCUT2D eigenvalue weighted by molar-refractivity contribution is 5.94. The van der Waals surface area contributed by atoms with Crippen LogP contribution in [-0.4, -0.2) is 34.1 Å². The molecule has 0 radical (unpaired) electrons. The number of rotatable bonds is 3. The molecule has 1 aliphatic heterocycles. The molecule has 3 aromatic rings. The molecule has 5 nitrogen and oxygen atoms in total. The van der Waals surface area contributed by atoms with Crippen molar-refractivity contribution in [2.75, 3.05) is 13.1 Å². The number of carbonyl (C=O) groups is 1. The molecule has 1 amide bonds. The maximum Gasteiger partial charge on any atom is 0.253 e. The first-order valence-corrected chi connectivity index (χ1v) is 9.37. The summed E-state index contributed by atoms with van der Waals surface area (Å²) in [5.41, 5.74) is 3.99. The van der Waals surface area contributed by atoms with Crippen LogP contribution in [0.1, 0.15) is 46.1 Å². The molecule has 0 spiro atoms. The normalized spacial score (nSPS) is 17.1. The molecule has 1 aliphatic rings. The molecule has 1 fully saturated rings. The molecule has 1 unspecified atom stereocenters. The number of hydrogen-bond acceptors (Lipinski definition) is 4. The van der Waals surface area contributed by atoms with Crippen LogP contribution in [0.15, 0.2) is 52.9 Å². The Bertz CT molecular complexity index is 949. The number of piperidine rings is 1. The molecule has 2 aromatic carbocycles. The summed E-state index contributed by atoms with van der Waals surface area (Å²) in [4.78, 5) is 14.8. The first-order chi connectivity index (χ1) is 13.1. The van der Waals surface area contributed by atoms with Gasteiger partial charge < -0.3 is 9.32 Å². The third kappa shape index (κ3) is 3.63. The summed E-state index contributed by atoms with van der Waals surface area (Å²) in [5.74, 6) is 1.31. The number of amides is 1. The summed E-state index contributed by atoms with van der Waals surface area (Å²) in [7, 11) is 0. The monoisotopic (exact) mass is 361 g/mol. The van der Waals surface area contributed by atoms with E-state index >= 15 is 0 Å². The van der Waals surface area contributed by atoms with E-state index in [2.05, 4.69) is 17.1 Å². The van der Waals surface area contributed by atoms with E-state index < -0.39 is 0 Å². The van der Waals surface area contributed by atoms with Crippen LogP contribution in [0.25, 0.3) is 11.5 Å². The van der Waals surface area contributed by atoms with E-state index in [4.69, 9.17) is 4.42 Å². The predicted octanol–water partition coefficient (Wildman–Crippen LogP) is 4.37. The largest absolute Gasteiger partial charge is 0.420 e. The quantitative estimate of drug-likeness (QED) is 0.695. The van der Waals surface area contributed by atoms with Gasteiger partial charge in [0.05, 0.1) is 5.92 Å². The Morgan fingerprint density at radius 3 is 2.67 bits per heavy atom. The van der Waals surface area contributed by atoms with Gasteiger partial charge in [-0.1, -0.05) is 24.3 Å². The number of nitrogens with zero attached hydrogens (tertiary/aromatic N) is 3. The molecule has 2 heterocycles. The minimum atomic E-state index is 0.0746. The molecule has 0 bridgehead atoms. The molecular formula is C22H23N3O2. The number of aromatic nitrogens is 2. The van der Waals surface area contributed by atoms with Crippen LogP contribution in [0.5, 0.6) is 0 Å². The van der Waals surface area contributed by atoms with E-state index in [1.165, 1.54) is 5.56 Å². The van der Waals surface area contributed by atoms with Crippen molar-refractivity contribution < 1.29 is 9.21 Å². The lowest BCUT2D eigenvalue weighted by Gasteiger charge is -2.31. The van der Waals surface area contributed by atoms with Gasteiger partial charge in [0.2, 0.25) is 11.8 Å². The van der Waals surface area contributed by atoms with Crippen molar-refractivity contribution in [3.63, 3.8) is 0 Å². The van der Waals surface area contributed by atoms with Gasteiger partial charge in [-0.25, -0.2) is 0 Å². The van der Waals surface area contributed by atoms with E-state index in [9.17, 15) is 4.79 Å². The SMILES string of the molecule is Cc1ccc(C(=O)N2CCCC(c3nnc(-c4ccccc4)o3)C2)cc1C. The first kappa shape index (κ1) is 17.5. The Morgan fingerprint density at radius 1 is 1.07 bits per heavy atom. The van der Waals surface area contributed by atoms with Crippen molar-refractivity contribution in [2.24, 2.45) is 0 Å². The van der Waals surface area contributed by atoms with Crippen LogP contribution in [0.4, 0.5) is 0 Å². The number of benzene rings is 2. The van der Waals surface area contributed by atoms with Gasteiger partial charge in [0.25, 0.3) is 5.91 Å². The molecule has 0 N–H and O–H groups in total. The number of aryl methyl sites for hydroxylation is 2. The van der Waals surface area contributed by atoms with Gasteiger partial charge in [-0.3, -0.25) is 4.79 Å². The minimum absolute atomic E-state index is 0.0746. The summed E-state index contributed by atoms with van der Waals surface area (Å²) < 4.78 is 5.92. The van der Waals surface area contributed by atoms with Crippen LogP contribution < -0.4 is 0 Å². The molecule has 1 aromatic heterocycles. The molecule has 4 rings (SSSR count). The Balaban J connectivity index is 1.50. The fourth-order valence-electron chi connectivity index (χ4n) is 3.52. The van der Waals surface area contributed by atoms with Gasteiger partial charge in [-0.2, -0.15) is 0 Å². The van der Waals surface area contributed by atoms with Gasteiger partial charge in [0.1, 0.15) is 0 Å². The summed E-state index contributed by atoms with van der Waals surface area (Å²) in [5, 5.41) is 8.44. The van der Waals surface area contributed by atoms with Crippen LogP contribution in [0.2, 0.25) is 0 Å². The second-order valence-corrected chi connectivity index (χ2v) is 7.20. The second-order valence-electron chi connectivity index (χ2n) is 7.20. The van der Waals surface area contributed by atoms with Crippen LogP contribution in [-0.2, 0) is 0 Å². The van der Waals surface area contributed by atoms with Crippen molar-refractivity contribution in [3.05, 3.63) is 71.1 Å². The average molecular weight is 361 g/mol. The summed E-state index contributed by atoms with van der Waals surface area (Å²) >= 11 is 0. The van der Waals surface area contributed by atoms with Crippen LogP contribution in [0, 0.1) is 13.8 Å². The van der Waals surface area contributed by atoms with Crippen LogP contribution in [0.3, 0.4) is 0 Å². The maximum absolute atomic E-state index is 12.9.